The van der Waals surface area contributed by atoms with Crippen LogP contribution in [0.5, 0.6) is 0 Å². The van der Waals surface area contributed by atoms with Gasteiger partial charge in [-0.2, -0.15) is 0 Å². The van der Waals surface area contributed by atoms with Gasteiger partial charge in [-0.25, -0.2) is 0 Å². The lowest BCUT2D eigenvalue weighted by atomic mass is 9.98. The van der Waals surface area contributed by atoms with Crippen LogP contribution in [0.2, 0.25) is 5.02 Å². The minimum atomic E-state index is -0.275. The summed E-state index contributed by atoms with van der Waals surface area (Å²) in [5, 5.41) is 3.44. The summed E-state index contributed by atoms with van der Waals surface area (Å²) in [5.41, 5.74) is 3.40. The normalized spacial score (nSPS) is 10.4. The number of carbonyl (C=O) groups excluding carboxylic acids is 2. The van der Waals surface area contributed by atoms with Gasteiger partial charge in [-0.1, -0.05) is 59.6 Å². The largest absolute Gasteiger partial charge is 0.348 e. The lowest BCUT2D eigenvalue weighted by Gasteiger charge is -2.10. The second kappa shape index (κ2) is 7.98. The number of nitrogens with one attached hydrogen (secondary N) is 1. The molecular weight excluding hydrogens is 346 g/mol. The maximum absolute atomic E-state index is 12.8. The molecule has 0 fully saturated rings. The van der Waals surface area contributed by atoms with Gasteiger partial charge in [0.1, 0.15) is 0 Å². The molecule has 4 heteroatoms. The zero-order chi connectivity index (χ0) is 18.5. The third kappa shape index (κ3) is 4.19. The highest BCUT2D eigenvalue weighted by molar-refractivity contribution is 6.30. The van der Waals surface area contributed by atoms with Crippen LogP contribution in [0.15, 0.2) is 72.8 Å². The Morgan fingerprint density at radius 3 is 2.12 bits per heavy atom. The topological polar surface area (TPSA) is 46.2 Å². The summed E-state index contributed by atoms with van der Waals surface area (Å²) in [5.74, 6) is -0.480. The number of ketones is 1. The minimum absolute atomic E-state index is 0.206. The lowest BCUT2D eigenvalue weighted by Crippen LogP contribution is -2.25. The summed E-state index contributed by atoms with van der Waals surface area (Å²) in [6.07, 6.45) is 0. The molecule has 0 saturated heterocycles. The van der Waals surface area contributed by atoms with Gasteiger partial charge in [0.15, 0.2) is 5.78 Å². The van der Waals surface area contributed by atoms with E-state index in [4.69, 9.17) is 11.6 Å². The molecule has 0 heterocycles. The Hall–Kier alpha value is -2.91. The van der Waals surface area contributed by atoms with E-state index in [0.717, 1.165) is 5.56 Å². The molecule has 0 aliphatic heterocycles. The molecular formula is C22H18ClNO2. The Bertz CT molecular complexity index is 931. The third-order valence-corrected chi connectivity index (χ3v) is 4.35. The fourth-order valence-electron chi connectivity index (χ4n) is 2.62. The number of aryl methyl sites for hydroxylation is 1. The third-order valence-electron chi connectivity index (χ3n) is 4.10. The molecule has 0 spiro atoms. The van der Waals surface area contributed by atoms with Gasteiger partial charge in [0.25, 0.3) is 5.91 Å². The molecule has 3 nitrogen and oxygen atoms in total. The summed E-state index contributed by atoms with van der Waals surface area (Å²) in [6, 6.07) is 21.4. The number of carbonyl (C=O) groups is 2. The molecule has 3 aromatic rings. The van der Waals surface area contributed by atoms with Crippen molar-refractivity contribution in [1.29, 1.82) is 0 Å². The van der Waals surface area contributed by atoms with E-state index in [0.29, 0.717) is 28.3 Å². The molecule has 3 rings (SSSR count). The first kappa shape index (κ1) is 17.9. The second-order valence-corrected chi connectivity index (χ2v) is 6.49. The van der Waals surface area contributed by atoms with Crippen LogP contribution in [0.1, 0.15) is 37.4 Å². The first-order chi connectivity index (χ1) is 12.5. The molecule has 26 heavy (non-hydrogen) atoms. The predicted octanol–water partition coefficient (Wildman–Crippen LogP) is 4.81. The zero-order valence-electron chi connectivity index (χ0n) is 14.3. The highest BCUT2D eigenvalue weighted by Gasteiger charge is 2.17. The van der Waals surface area contributed by atoms with Crippen molar-refractivity contribution in [1.82, 2.24) is 5.32 Å². The number of hydrogen-bond acceptors (Lipinski definition) is 2. The number of benzene rings is 3. The summed E-state index contributed by atoms with van der Waals surface area (Å²) in [4.78, 5) is 25.4. The van der Waals surface area contributed by atoms with Crippen LogP contribution in [-0.2, 0) is 6.54 Å². The average molecular weight is 364 g/mol. The van der Waals surface area contributed by atoms with E-state index < -0.39 is 0 Å². The Balaban J connectivity index is 1.79. The van der Waals surface area contributed by atoms with Crippen LogP contribution < -0.4 is 5.32 Å². The highest BCUT2D eigenvalue weighted by atomic mass is 35.5. The van der Waals surface area contributed by atoms with Crippen molar-refractivity contribution in [2.24, 2.45) is 0 Å². The Morgan fingerprint density at radius 2 is 1.46 bits per heavy atom. The SMILES string of the molecule is Cc1ccc(CNC(=O)c2ccccc2C(=O)c2ccc(Cl)cc2)cc1. The van der Waals surface area contributed by atoms with Gasteiger partial charge in [0, 0.05) is 22.7 Å². The average Bonchev–Trinajstić information content (AvgIpc) is 2.67. The van der Waals surface area contributed by atoms with Crippen LogP contribution in [0, 0.1) is 6.92 Å². The van der Waals surface area contributed by atoms with Crippen LogP contribution >= 0.6 is 11.6 Å². The van der Waals surface area contributed by atoms with E-state index in [1.54, 1.807) is 48.5 Å². The summed E-state index contributed by atoms with van der Waals surface area (Å²) in [7, 11) is 0. The van der Waals surface area contributed by atoms with Gasteiger partial charge in [0.2, 0.25) is 0 Å². The highest BCUT2D eigenvalue weighted by Crippen LogP contribution is 2.17. The van der Waals surface area contributed by atoms with Gasteiger partial charge in [-0.05, 0) is 42.8 Å². The van der Waals surface area contributed by atoms with Crippen molar-refractivity contribution in [3.05, 3.63) is 106 Å². The van der Waals surface area contributed by atoms with E-state index in [-0.39, 0.29) is 11.7 Å². The van der Waals surface area contributed by atoms with Gasteiger partial charge >= 0.3 is 0 Å². The zero-order valence-corrected chi connectivity index (χ0v) is 15.1. The molecule has 1 N–H and O–H groups in total. The van der Waals surface area contributed by atoms with Crippen LogP contribution in [-0.4, -0.2) is 11.7 Å². The number of rotatable bonds is 5. The molecule has 0 bridgehead atoms. The van der Waals surface area contributed by atoms with Gasteiger partial charge in [-0.3, -0.25) is 9.59 Å². The van der Waals surface area contributed by atoms with Crippen molar-refractivity contribution in [2.45, 2.75) is 13.5 Å². The second-order valence-electron chi connectivity index (χ2n) is 6.05. The lowest BCUT2D eigenvalue weighted by molar-refractivity contribution is 0.0939. The Labute approximate surface area is 157 Å². The van der Waals surface area contributed by atoms with E-state index in [9.17, 15) is 9.59 Å². The first-order valence-electron chi connectivity index (χ1n) is 8.27. The predicted molar refractivity (Wildman–Crippen MR) is 104 cm³/mol. The number of halogens is 1. The van der Waals surface area contributed by atoms with Crippen molar-refractivity contribution >= 4 is 23.3 Å². The molecule has 130 valence electrons. The van der Waals surface area contributed by atoms with E-state index >= 15 is 0 Å². The first-order valence-corrected chi connectivity index (χ1v) is 8.65. The Kier molecular flexibility index (Phi) is 5.49. The van der Waals surface area contributed by atoms with Crippen molar-refractivity contribution in [2.75, 3.05) is 0 Å². The molecule has 0 aromatic heterocycles. The van der Waals surface area contributed by atoms with Crippen LogP contribution in [0.25, 0.3) is 0 Å². The number of hydrogen-bond donors (Lipinski definition) is 1. The minimum Gasteiger partial charge on any atom is -0.348 e. The van der Waals surface area contributed by atoms with Crippen LogP contribution in [0.3, 0.4) is 0 Å². The molecule has 0 radical (unpaired) electrons. The summed E-state index contributed by atoms with van der Waals surface area (Å²) < 4.78 is 0. The van der Waals surface area contributed by atoms with Crippen molar-refractivity contribution < 1.29 is 9.59 Å². The molecule has 1 amide bonds. The maximum atomic E-state index is 12.8. The smallest absolute Gasteiger partial charge is 0.252 e. The molecule has 3 aromatic carbocycles. The summed E-state index contributed by atoms with van der Waals surface area (Å²) in [6.45, 7) is 2.42. The van der Waals surface area contributed by atoms with Crippen LogP contribution in [0.4, 0.5) is 0 Å². The molecule has 0 saturated carbocycles. The summed E-state index contributed by atoms with van der Waals surface area (Å²) >= 11 is 5.88. The fraction of sp³-hybridized carbons (Fsp3) is 0.0909. The van der Waals surface area contributed by atoms with Crippen molar-refractivity contribution in [3.63, 3.8) is 0 Å². The molecule has 0 atom stereocenters. The van der Waals surface area contributed by atoms with Gasteiger partial charge < -0.3 is 5.32 Å². The monoisotopic (exact) mass is 363 g/mol. The number of amides is 1. The van der Waals surface area contributed by atoms with Gasteiger partial charge in [-0.15, -0.1) is 0 Å². The maximum Gasteiger partial charge on any atom is 0.252 e. The van der Waals surface area contributed by atoms with Crippen molar-refractivity contribution in [3.8, 4) is 0 Å². The van der Waals surface area contributed by atoms with E-state index in [1.807, 2.05) is 31.2 Å². The fourth-order valence-corrected chi connectivity index (χ4v) is 2.75. The molecule has 0 aliphatic carbocycles. The van der Waals surface area contributed by atoms with E-state index in [1.165, 1.54) is 5.56 Å². The standard InChI is InChI=1S/C22H18ClNO2/c1-15-6-8-16(9-7-15)14-24-22(26)20-5-3-2-4-19(20)21(25)17-10-12-18(23)13-11-17/h2-13H,14H2,1H3,(H,24,26). The van der Waals surface area contributed by atoms with Gasteiger partial charge in [0.05, 0.1) is 5.56 Å². The molecule has 0 aliphatic rings. The Morgan fingerprint density at radius 1 is 0.846 bits per heavy atom. The molecule has 0 unspecified atom stereocenters. The van der Waals surface area contributed by atoms with E-state index in [2.05, 4.69) is 5.32 Å². The quantitative estimate of drug-likeness (QED) is 0.661.